The van der Waals surface area contributed by atoms with E-state index in [0.29, 0.717) is 31.5 Å². The lowest BCUT2D eigenvalue weighted by molar-refractivity contribution is -0.137. The van der Waals surface area contributed by atoms with E-state index < -0.39 is 17.3 Å². The maximum absolute atomic E-state index is 12.8. The van der Waals surface area contributed by atoms with Gasteiger partial charge in [-0.3, -0.25) is 4.90 Å². The summed E-state index contributed by atoms with van der Waals surface area (Å²) in [5.74, 6) is 0. The van der Waals surface area contributed by atoms with Crippen molar-refractivity contribution in [3.05, 3.63) is 89.5 Å². The third-order valence-electron chi connectivity index (χ3n) is 5.81. The summed E-state index contributed by atoms with van der Waals surface area (Å²) in [6, 6.07) is 15.1. The van der Waals surface area contributed by atoms with Gasteiger partial charge >= 0.3 is 6.18 Å². The van der Waals surface area contributed by atoms with E-state index in [4.69, 9.17) is 0 Å². The zero-order chi connectivity index (χ0) is 21.2. The molecule has 0 spiro atoms. The normalized spacial score (nSPS) is 17.2. The number of nitrogens with zero attached hydrogens (tertiary/aromatic N) is 3. The van der Waals surface area contributed by atoms with Crippen LogP contribution in [-0.4, -0.2) is 32.6 Å². The van der Waals surface area contributed by atoms with Crippen LogP contribution in [-0.2, 0) is 24.9 Å². The van der Waals surface area contributed by atoms with Crippen LogP contribution < -0.4 is 0 Å². The summed E-state index contributed by atoms with van der Waals surface area (Å²) in [6.45, 7) is 2.79. The van der Waals surface area contributed by atoms with Crippen molar-refractivity contribution >= 4 is 0 Å². The predicted molar refractivity (Wildman–Crippen MR) is 108 cm³/mol. The molecule has 0 saturated carbocycles. The number of rotatable bonds is 5. The Morgan fingerprint density at radius 3 is 2.23 bits per heavy atom. The SMILES string of the molecule is OC1(c2ccc(C(F)(F)F)cc2)CCN(Cc2cncn2Cc2ccccc2)CC1. The largest absolute Gasteiger partial charge is 0.416 e. The van der Waals surface area contributed by atoms with E-state index in [1.807, 2.05) is 30.7 Å². The topological polar surface area (TPSA) is 41.3 Å². The summed E-state index contributed by atoms with van der Waals surface area (Å²) in [7, 11) is 0. The van der Waals surface area contributed by atoms with Crippen LogP contribution in [0, 0.1) is 0 Å². The van der Waals surface area contributed by atoms with Gasteiger partial charge in [-0.2, -0.15) is 13.2 Å². The average Bonchev–Trinajstić information content (AvgIpc) is 3.16. The summed E-state index contributed by atoms with van der Waals surface area (Å²) in [4.78, 5) is 6.53. The van der Waals surface area contributed by atoms with Gasteiger partial charge in [0.15, 0.2) is 0 Å². The van der Waals surface area contributed by atoms with Gasteiger partial charge in [0, 0.05) is 32.4 Å². The summed E-state index contributed by atoms with van der Waals surface area (Å²) >= 11 is 0. The quantitative estimate of drug-likeness (QED) is 0.670. The summed E-state index contributed by atoms with van der Waals surface area (Å²) in [5, 5.41) is 11.0. The Morgan fingerprint density at radius 1 is 0.933 bits per heavy atom. The van der Waals surface area contributed by atoms with Crippen molar-refractivity contribution in [2.45, 2.75) is 37.7 Å². The molecule has 2 aromatic carbocycles. The number of aromatic nitrogens is 2. The Balaban J connectivity index is 1.38. The number of alkyl halides is 3. The van der Waals surface area contributed by atoms with E-state index in [2.05, 4.69) is 26.6 Å². The Morgan fingerprint density at radius 2 is 1.60 bits per heavy atom. The maximum atomic E-state index is 12.8. The van der Waals surface area contributed by atoms with Gasteiger partial charge in [-0.1, -0.05) is 42.5 Å². The highest BCUT2D eigenvalue weighted by molar-refractivity contribution is 5.29. The zero-order valence-electron chi connectivity index (χ0n) is 16.5. The van der Waals surface area contributed by atoms with Crippen LogP contribution in [0.3, 0.4) is 0 Å². The smallest absolute Gasteiger partial charge is 0.385 e. The third-order valence-corrected chi connectivity index (χ3v) is 5.81. The molecule has 0 amide bonds. The molecular formula is C23H24F3N3O. The Bertz CT molecular complexity index is 959. The lowest BCUT2D eigenvalue weighted by atomic mass is 9.84. The first-order chi connectivity index (χ1) is 14.3. The van der Waals surface area contributed by atoms with Gasteiger partial charge in [-0.25, -0.2) is 4.98 Å². The van der Waals surface area contributed by atoms with Gasteiger partial charge in [0.2, 0.25) is 0 Å². The van der Waals surface area contributed by atoms with Crippen molar-refractivity contribution < 1.29 is 18.3 Å². The highest BCUT2D eigenvalue weighted by atomic mass is 19.4. The number of halogens is 3. The van der Waals surface area contributed by atoms with Crippen LogP contribution in [0.2, 0.25) is 0 Å². The fourth-order valence-corrected chi connectivity index (χ4v) is 3.97. The Hall–Kier alpha value is -2.64. The van der Waals surface area contributed by atoms with E-state index in [1.165, 1.54) is 17.7 Å². The fourth-order valence-electron chi connectivity index (χ4n) is 3.97. The lowest BCUT2D eigenvalue weighted by Gasteiger charge is -2.38. The second-order valence-electron chi connectivity index (χ2n) is 7.88. The van der Waals surface area contributed by atoms with Crippen molar-refractivity contribution in [3.8, 4) is 0 Å². The molecular weight excluding hydrogens is 391 g/mol. The van der Waals surface area contributed by atoms with Crippen molar-refractivity contribution in [1.29, 1.82) is 0 Å². The molecule has 1 saturated heterocycles. The van der Waals surface area contributed by atoms with Crippen molar-refractivity contribution in [3.63, 3.8) is 0 Å². The fraction of sp³-hybridized carbons (Fsp3) is 0.348. The Kier molecular flexibility index (Phi) is 5.66. The lowest BCUT2D eigenvalue weighted by Crippen LogP contribution is -2.42. The third kappa shape index (κ3) is 4.57. The van der Waals surface area contributed by atoms with E-state index in [9.17, 15) is 18.3 Å². The van der Waals surface area contributed by atoms with Crippen molar-refractivity contribution in [2.24, 2.45) is 0 Å². The van der Waals surface area contributed by atoms with E-state index in [-0.39, 0.29) is 0 Å². The molecule has 0 bridgehead atoms. The van der Waals surface area contributed by atoms with Gasteiger partial charge in [-0.05, 0) is 36.1 Å². The molecule has 4 rings (SSSR count). The number of likely N-dealkylation sites (tertiary alicyclic amines) is 1. The first kappa shape index (κ1) is 20.6. The molecule has 1 fully saturated rings. The standard InChI is InChI=1S/C23H24F3N3O/c24-23(25,26)20-8-6-19(7-9-20)22(30)10-12-28(13-11-22)16-21-14-27-17-29(21)15-18-4-2-1-3-5-18/h1-9,14,17,30H,10-13,15-16H2. The number of hydrogen-bond acceptors (Lipinski definition) is 3. The molecule has 1 aliphatic heterocycles. The molecule has 1 N–H and O–H groups in total. The van der Waals surface area contributed by atoms with Crippen LogP contribution in [0.1, 0.15) is 35.2 Å². The maximum Gasteiger partial charge on any atom is 0.416 e. The van der Waals surface area contributed by atoms with Crippen LogP contribution in [0.5, 0.6) is 0 Å². The van der Waals surface area contributed by atoms with E-state index in [0.717, 1.165) is 30.9 Å². The summed E-state index contributed by atoms with van der Waals surface area (Å²) in [6.07, 6.45) is 0.272. The van der Waals surface area contributed by atoms with Crippen LogP contribution >= 0.6 is 0 Å². The minimum absolute atomic E-state index is 0.477. The molecule has 1 aromatic heterocycles. The minimum Gasteiger partial charge on any atom is -0.385 e. The molecule has 0 unspecified atom stereocenters. The molecule has 158 valence electrons. The van der Waals surface area contributed by atoms with Crippen molar-refractivity contribution in [2.75, 3.05) is 13.1 Å². The van der Waals surface area contributed by atoms with E-state index in [1.54, 1.807) is 0 Å². The molecule has 0 radical (unpaired) electrons. The molecule has 1 aliphatic rings. The zero-order valence-corrected chi connectivity index (χ0v) is 16.5. The molecule has 0 atom stereocenters. The van der Waals surface area contributed by atoms with Gasteiger partial charge in [0.25, 0.3) is 0 Å². The van der Waals surface area contributed by atoms with Gasteiger partial charge in [-0.15, -0.1) is 0 Å². The van der Waals surface area contributed by atoms with Gasteiger partial charge in [0.05, 0.1) is 23.2 Å². The molecule has 3 aromatic rings. The summed E-state index contributed by atoms with van der Waals surface area (Å²) < 4.78 is 40.5. The molecule has 30 heavy (non-hydrogen) atoms. The first-order valence-corrected chi connectivity index (χ1v) is 9.99. The monoisotopic (exact) mass is 415 g/mol. The highest BCUT2D eigenvalue weighted by Crippen LogP contribution is 2.35. The van der Waals surface area contributed by atoms with Crippen LogP contribution in [0.25, 0.3) is 0 Å². The number of benzene rings is 2. The molecule has 2 heterocycles. The average molecular weight is 415 g/mol. The van der Waals surface area contributed by atoms with Crippen LogP contribution in [0.15, 0.2) is 67.1 Å². The van der Waals surface area contributed by atoms with Gasteiger partial charge < -0.3 is 9.67 Å². The second kappa shape index (κ2) is 8.24. The number of piperidine rings is 1. The van der Waals surface area contributed by atoms with Crippen LogP contribution in [0.4, 0.5) is 13.2 Å². The summed E-state index contributed by atoms with van der Waals surface area (Å²) in [5.41, 5.74) is 1.05. The number of aliphatic hydroxyl groups is 1. The molecule has 4 nitrogen and oxygen atoms in total. The molecule has 0 aliphatic carbocycles. The molecule has 7 heteroatoms. The highest BCUT2D eigenvalue weighted by Gasteiger charge is 2.36. The first-order valence-electron chi connectivity index (χ1n) is 9.99. The van der Waals surface area contributed by atoms with Crippen molar-refractivity contribution in [1.82, 2.24) is 14.5 Å². The predicted octanol–water partition coefficient (Wildman–Crippen LogP) is 4.43. The number of imidazole rings is 1. The number of hydrogen-bond donors (Lipinski definition) is 1. The Labute approximate surface area is 173 Å². The van der Waals surface area contributed by atoms with Gasteiger partial charge in [0.1, 0.15) is 0 Å². The minimum atomic E-state index is -4.37. The van der Waals surface area contributed by atoms with E-state index >= 15 is 0 Å². The second-order valence-corrected chi connectivity index (χ2v) is 7.88.